The molecule has 1 fully saturated rings. The SMILES string of the molecule is CCOc1ccc(-c2ccc(-c3ccc(C=CC4CCCCC4)cc3F)cc2)c(F)c1F. The van der Waals surface area contributed by atoms with E-state index < -0.39 is 11.6 Å². The molecule has 1 saturated carbocycles. The smallest absolute Gasteiger partial charge is 0.201 e. The van der Waals surface area contributed by atoms with Crippen LogP contribution in [-0.4, -0.2) is 6.61 Å². The molecule has 166 valence electrons. The molecule has 1 nitrogen and oxygen atoms in total. The van der Waals surface area contributed by atoms with Crippen LogP contribution < -0.4 is 4.74 Å². The summed E-state index contributed by atoms with van der Waals surface area (Å²) in [5.74, 6) is -1.78. The van der Waals surface area contributed by atoms with Gasteiger partial charge in [0.05, 0.1) is 6.61 Å². The standard InChI is InChI=1S/C28H27F3O/c1-2-32-26-17-16-24(27(30)28(26)31)22-13-11-21(12-14-22)23-15-10-20(18-25(23)29)9-8-19-6-4-3-5-7-19/h8-19H,2-7H2,1H3. The van der Waals surface area contributed by atoms with E-state index in [1.807, 2.05) is 12.1 Å². The third kappa shape index (κ3) is 4.90. The molecule has 0 saturated heterocycles. The van der Waals surface area contributed by atoms with Gasteiger partial charge in [0.2, 0.25) is 5.82 Å². The topological polar surface area (TPSA) is 9.23 Å². The third-order valence-corrected chi connectivity index (χ3v) is 6.06. The van der Waals surface area contributed by atoms with Gasteiger partial charge in [-0.15, -0.1) is 0 Å². The summed E-state index contributed by atoms with van der Waals surface area (Å²) < 4.78 is 48.6. The molecule has 4 heteroatoms. The minimum atomic E-state index is -1.00. The molecule has 0 aliphatic heterocycles. The fourth-order valence-electron chi connectivity index (χ4n) is 4.29. The largest absolute Gasteiger partial charge is 0.491 e. The highest BCUT2D eigenvalue weighted by atomic mass is 19.2. The Labute approximate surface area is 187 Å². The van der Waals surface area contributed by atoms with Crippen molar-refractivity contribution in [2.45, 2.75) is 39.0 Å². The van der Waals surface area contributed by atoms with Crippen LogP contribution >= 0.6 is 0 Å². The minimum Gasteiger partial charge on any atom is -0.491 e. The van der Waals surface area contributed by atoms with Gasteiger partial charge < -0.3 is 4.74 Å². The third-order valence-electron chi connectivity index (χ3n) is 6.06. The van der Waals surface area contributed by atoms with E-state index in [-0.39, 0.29) is 23.7 Å². The van der Waals surface area contributed by atoms with Crippen LogP contribution in [0.1, 0.15) is 44.6 Å². The lowest BCUT2D eigenvalue weighted by Crippen LogP contribution is -2.02. The molecule has 0 unspecified atom stereocenters. The van der Waals surface area contributed by atoms with Crippen molar-refractivity contribution in [1.29, 1.82) is 0 Å². The molecule has 0 amide bonds. The molecule has 3 aromatic rings. The second-order valence-electron chi connectivity index (χ2n) is 8.25. The lowest BCUT2D eigenvalue weighted by atomic mass is 9.88. The number of benzene rings is 3. The highest BCUT2D eigenvalue weighted by Crippen LogP contribution is 2.32. The second kappa shape index (κ2) is 10.1. The fraction of sp³-hybridized carbons (Fsp3) is 0.286. The maximum absolute atomic E-state index is 14.8. The van der Waals surface area contributed by atoms with Gasteiger partial charge in [-0.1, -0.05) is 67.8 Å². The Hall–Kier alpha value is -3.01. The van der Waals surface area contributed by atoms with E-state index >= 15 is 0 Å². The number of rotatable bonds is 6. The first kappa shape index (κ1) is 22.2. The Morgan fingerprint density at radius 2 is 1.47 bits per heavy atom. The molecule has 0 atom stereocenters. The van der Waals surface area contributed by atoms with Crippen LogP contribution in [0.4, 0.5) is 13.2 Å². The van der Waals surface area contributed by atoms with Gasteiger partial charge in [-0.2, -0.15) is 4.39 Å². The van der Waals surface area contributed by atoms with E-state index in [0.29, 0.717) is 22.6 Å². The van der Waals surface area contributed by atoms with E-state index in [4.69, 9.17) is 4.74 Å². The van der Waals surface area contributed by atoms with Crippen LogP contribution in [0, 0.1) is 23.4 Å². The predicted molar refractivity (Wildman–Crippen MR) is 124 cm³/mol. The van der Waals surface area contributed by atoms with Gasteiger partial charge in [-0.05, 0) is 60.6 Å². The Balaban J connectivity index is 1.53. The quantitative estimate of drug-likeness (QED) is 0.377. The highest BCUT2D eigenvalue weighted by molar-refractivity contribution is 5.72. The zero-order valence-corrected chi connectivity index (χ0v) is 18.2. The van der Waals surface area contributed by atoms with Crippen molar-refractivity contribution in [3.63, 3.8) is 0 Å². The summed E-state index contributed by atoms with van der Waals surface area (Å²) in [5, 5.41) is 0. The van der Waals surface area contributed by atoms with E-state index in [9.17, 15) is 13.2 Å². The van der Waals surface area contributed by atoms with Crippen LogP contribution in [0.3, 0.4) is 0 Å². The fourth-order valence-corrected chi connectivity index (χ4v) is 4.29. The van der Waals surface area contributed by atoms with Crippen molar-refractivity contribution in [2.24, 2.45) is 5.92 Å². The molecule has 4 rings (SSSR count). The van der Waals surface area contributed by atoms with E-state index in [2.05, 4.69) is 6.08 Å². The van der Waals surface area contributed by atoms with Crippen molar-refractivity contribution in [3.8, 4) is 28.0 Å². The van der Waals surface area contributed by atoms with Gasteiger partial charge in [-0.25, -0.2) is 8.78 Å². The van der Waals surface area contributed by atoms with Crippen molar-refractivity contribution in [2.75, 3.05) is 6.61 Å². The van der Waals surface area contributed by atoms with Crippen molar-refractivity contribution in [3.05, 3.63) is 83.7 Å². The Morgan fingerprint density at radius 1 is 0.812 bits per heavy atom. The first-order valence-corrected chi connectivity index (χ1v) is 11.3. The molecule has 0 heterocycles. The second-order valence-corrected chi connectivity index (χ2v) is 8.25. The normalized spacial score (nSPS) is 14.8. The molecule has 0 bridgehead atoms. The van der Waals surface area contributed by atoms with Crippen LogP contribution in [0.2, 0.25) is 0 Å². The summed E-state index contributed by atoms with van der Waals surface area (Å²) in [4.78, 5) is 0. The zero-order valence-electron chi connectivity index (χ0n) is 18.2. The maximum Gasteiger partial charge on any atom is 0.201 e. The molecule has 1 aliphatic rings. The van der Waals surface area contributed by atoms with Gasteiger partial charge >= 0.3 is 0 Å². The van der Waals surface area contributed by atoms with Crippen LogP contribution in [0.5, 0.6) is 5.75 Å². The molecule has 0 spiro atoms. The number of ether oxygens (including phenoxy) is 1. The number of hydrogen-bond donors (Lipinski definition) is 0. The lowest BCUT2D eigenvalue weighted by Gasteiger charge is -2.17. The van der Waals surface area contributed by atoms with Crippen LogP contribution in [0.25, 0.3) is 28.3 Å². The van der Waals surface area contributed by atoms with Crippen molar-refractivity contribution < 1.29 is 17.9 Å². The molecule has 0 N–H and O–H groups in total. The Morgan fingerprint density at radius 3 is 2.12 bits per heavy atom. The van der Waals surface area contributed by atoms with Gasteiger partial charge in [0.15, 0.2) is 11.6 Å². The molecular weight excluding hydrogens is 409 g/mol. The van der Waals surface area contributed by atoms with E-state index in [0.717, 1.165) is 5.56 Å². The van der Waals surface area contributed by atoms with Crippen molar-refractivity contribution >= 4 is 6.08 Å². The monoisotopic (exact) mass is 436 g/mol. The van der Waals surface area contributed by atoms with E-state index in [1.54, 1.807) is 43.3 Å². The zero-order chi connectivity index (χ0) is 22.5. The number of hydrogen-bond acceptors (Lipinski definition) is 1. The molecule has 1 aliphatic carbocycles. The molecule has 0 aromatic heterocycles. The van der Waals surface area contributed by atoms with Crippen LogP contribution in [-0.2, 0) is 0 Å². The van der Waals surface area contributed by atoms with E-state index in [1.165, 1.54) is 44.2 Å². The summed E-state index contributed by atoms with van der Waals surface area (Å²) in [6.45, 7) is 1.97. The maximum atomic E-state index is 14.8. The predicted octanol–water partition coefficient (Wildman–Crippen LogP) is 8.43. The lowest BCUT2D eigenvalue weighted by molar-refractivity contribution is 0.314. The molecule has 32 heavy (non-hydrogen) atoms. The van der Waals surface area contributed by atoms with Gasteiger partial charge in [0.1, 0.15) is 5.82 Å². The summed E-state index contributed by atoms with van der Waals surface area (Å²) in [7, 11) is 0. The summed E-state index contributed by atoms with van der Waals surface area (Å²) >= 11 is 0. The average molecular weight is 437 g/mol. The first-order chi connectivity index (χ1) is 15.6. The first-order valence-electron chi connectivity index (χ1n) is 11.3. The summed E-state index contributed by atoms with van der Waals surface area (Å²) in [6, 6.07) is 14.9. The summed E-state index contributed by atoms with van der Waals surface area (Å²) in [5.41, 5.74) is 2.66. The Kier molecular flexibility index (Phi) is 6.99. The molecular formula is C28H27F3O. The highest BCUT2D eigenvalue weighted by Gasteiger charge is 2.16. The van der Waals surface area contributed by atoms with Crippen LogP contribution in [0.15, 0.2) is 60.7 Å². The molecule has 0 radical (unpaired) electrons. The Bertz CT molecular complexity index is 1100. The summed E-state index contributed by atoms with van der Waals surface area (Å²) in [6.07, 6.45) is 10.5. The minimum absolute atomic E-state index is 0.106. The average Bonchev–Trinajstić information content (AvgIpc) is 2.82. The van der Waals surface area contributed by atoms with Crippen molar-refractivity contribution in [1.82, 2.24) is 0 Å². The van der Waals surface area contributed by atoms with Gasteiger partial charge in [0.25, 0.3) is 0 Å². The molecule has 3 aromatic carbocycles. The van der Waals surface area contributed by atoms with Gasteiger partial charge in [0, 0.05) is 11.1 Å². The number of halogens is 3. The van der Waals surface area contributed by atoms with Gasteiger partial charge in [-0.3, -0.25) is 0 Å². The number of allylic oxidation sites excluding steroid dienone is 1.